The van der Waals surface area contributed by atoms with Crippen LogP contribution in [0.25, 0.3) is 0 Å². The Kier molecular flexibility index (Phi) is 6.30. The van der Waals surface area contributed by atoms with Crippen LogP contribution in [0.3, 0.4) is 0 Å². The second-order valence-corrected chi connectivity index (χ2v) is 7.74. The maximum atomic E-state index is 12.6. The molecule has 2 aromatic rings. The molecule has 3 rings (SSSR count). The van der Waals surface area contributed by atoms with E-state index in [1.165, 1.54) is 4.90 Å². The van der Waals surface area contributed by atoms with E-state index in [9.17, 15) is 4.79 Å². The lowest BCUT2D eigenvalue weighted by molar-refractivity contribution is -0.914. The molecule has 2 N–H and O–H groups in total. The number of rotatable bonds is 4. The van der Waals surface area contributed by atoms with Crippen molar-refractivity contribution in [1.29, 1.82) is 0 Å². The van der Waals surface area contributed by atoms with Gasteiger partial charge in [0.25, 0.3) is 5.91 Å². The van der Waals surface area contributed by atoms with Crippen LogP contribution in [0.5, 0.6) is 0 Å². The van der Waals surface area contributed by atoms with Crippen molar-refractivity contribution in [3.63, 3.8) is 0 Å². The summed E-state index contributed by atoms with van der Waals surface area (Å²) in [4.78, 5) is 16.2. The molecule has 0 bridgehead atoms. The molecule has 0 spiro atoms. The number of hydrogen-bond acceptors (Lipinski definition) is 2. The Labute approximate surface area is 168 Å². The van der Waals surface area contributed by atoms with E-state index in [0.717, 1.165) is 36.9 Å². The molecule has 7 heteroatoms. The third kappa shape index (κ3) is 4.63. The highest BCUT2D eigenvalue weighted by Crippen LogP contribution is 2.25. The van der Waals surface area contributed by atoms with Gasteiger partial charge in [-0.15, -0.1) is 0 Å². The zero-order valence-corrected chi connectivity index (χ0v) is 16.7. The average molecular weight is 414 g/mol. The molecular formula is C19H21Cl3N3O+. The summed E-state index contributed by atoms with van der Waals surface area (Å²) in [5.74, 6) is -0.0552. The molecule has 4 nitrogen and oxygen atoms in total. The predicted octanol–water partition coefficient (Wildman–Crippen LogP) is 3.38. The Morgan fingerprint density at radius 3 is 2.46 bits per heavy atom. The zero-order chi connectivity index (χ0) is 18.7. The van der Waals surface area contributed by atoms with E-state index in [1.807, 2.05) is 25.1 Å². The number of quaternary nitrogens is 1. The smallest absolute Gasteiger partial charge is 0.282 e. The highest BCUT2D eigenvalue weighted by Gasteiger charge is 2.29. The normalized spacial score (nSPS) is 16.4. The maximum absolute atomic E-state index is 12.6. The van der Waals surface area contributed by atoms with Crippen molar-refractivity contribution in [3.05, 3.63) is 57.5 Å². The third-order valence-electron chi connectivity index (χ3n) is 4.77. The molecule has 1 amide bonds. The van der Waals surface area contributed by atoms with Crippen molar-refractivity contribution < 1.29 is 9.69 Å². The van der Waals surface area contributed by atoms with E-state index >= 15 is 0 Å². The molecule has 26 heavy (non-hydrogen) atoms. The molecule has 2 aromatic carbocycles. The highest BCUT2D eigenvalue weighted by molar-refractivity contribution is 6.35. The number of carbonyl (C=O) groups is 1. The summed E-state index contributed by atoms with van der Waals surface area (Å²) in [6.07, 6.45) is 0. The molecule has 1 saturated heterocycles. The minimum atomic E-state index is -0.174. The molecule has 1 atom stereocenters. The predicted molar refractivity (Wildman–Crippen MR) is 109 cm³/mol. The molecule has 0 aromatic heterocycles. The van der Waals surface area contributed by atoms with E-state index in [-0.39, 0.29) is 11.9 Å². The van der Waals surface area contributed by atoms with Crippen LogP contribution in [0, 0.1) is 0 Å². The van der Waals surface area contributed by atoms with Crippen LogP contribution >= 0.6 is 34.8 Å². The highest BCUT2D eigenvalue weighted by atomic mass is 35.5. The number of nitrogens with one attached hydrogen (secondary N) is 2. The molecular weight excluding hydrogens is 393 g/mol. The molecule has 138 valence electrons. The summed E-state index contributed by atoms with van der Waals surface area (Å²) in [5, 5.41) is 4.65. The molecule has 1 aliphatic heterocycles. The first kappa shape index (κ1) is 19.3. The number of piperazine rings is 1. The van der Waals surface area contributed by atoms with Crippen LogP contribution in [-0.2, 0) is 4.79 Å². The molecule has 0 saturated carbocycles. The van der Waals surface area contributed by atoms with Gasteiger partial charge in [-0.1, -0.05) is 40.9 Å². The van der Waals surface area contributed by atoms with E-state index < -0.39 is 0 Å². The van der Waals surface area contributed by atoms with E-state index in [0.29, 0.717) is 15.7 Å². The fraction of sp³-hybridized carbons (Fsp3) is 0.316. The van der Waals surface area contributed by atoms with Gasteiger partial charge in [-0.25, -0.2) is 0 Å². The summed E-state index contributed by atoms with van der Waals surface area (Å²) < 4.78 is 0. The quantitative estimate of drug-likeness (QED) is 0.806. The van der Waals surface area contributed by atoms with Crippen molar-refractivity contribution in [1.82, 2.24) is 0 Å². The number of anilines is 2. The summed E-state index contributed by atoms with van der Waals surface area (Å²) in [6, 6.07) is 12.7. The standard InChI is InChI=1S/C19H20Cl3N3O/c1-13(19(26)23-18-12-15(21)5-6-17(18)22)24-7-9-25(10-8-24)16-4-2-3-14(20)11-16/h2-6,11-13H,7-10H2,1H3,(H,23,26)/p+1/t13-/m0/s1. The van der Waals surface area contributed by atoms with Crippen LogP contribution in [0.2, 0.25) is 15.1 Å². The van der Waals surface area contributed by atoms with E-state index in [1.54, 1.807) is 18.2 Å². The number of amides is 1. The Bertz CT molecular complexity index is 791. The lowest BCUT2D eigenvalue weighted by atomic mass is 10.2. The zero-order valence-electron chi connectivity index (χ0n) is 14.4. The first-order valence-electron chi connectivity index (χ1n) is 8.55. The molecule has 0 aliphatic carbocycles. The van der Waals surface area contributed by atoms with Crippen LogP contribution in [0.1, 0.15) is 6.92 Å². The van der Waals surface area contributed by atoms with Gasteiger partial charge in [0.05, 0.1) is 36.9 Å². The second kappa shape index (κ2) is 8.49. The van der Waals surface area contributed by atoms with Gasteiger partial charge in [0.15, 0.2) is 6.04 Å². The topological polar surface area (TPSA) is 36.8 Å². The van der Waals surface area contributed by atoms with Crippen molar-refractivity contribution >= 4 is 52.1 Å². The lowest BCUT2D eigenvalue weighted by Gasteiger charge is -2.36. The Morgan fingerprint density at radius 1 is 1.08 bits per heavy atom. The minimum Gasteiger partial charge on any atom is -0.360 e. The lowest BCUT2D eigenvalue weighted by Crippen LogP contribution is -3.19. The van der Waals surface area contributed by atoms with E-state index in [2.05, 4.69) is 16.3 Å². The van der Waals surface area contributed by atoms with Crippen LogP contribution in [-0.4, -0.2) is 38.1 Å². The van der Waals surface area contributed by atoms with Crippen LogP contribution in [0.15, 0.2) is 42.5 Å². The second-order valence-electron chi connectivity index (χ2n) is 6.46. The maximum Gasteiger partial charge on any atom is 0.282 e. The van der Waals surface area contributed by atoms with E-state index in [4.69, 9.17) is 34.8 Å². The minimum absolute atomic E-state index is 0.0552. The molecule has 0 unspecified atom stereocenters. The summed E-state index contributed by atoms with van der Waals surface area (Å²) in [6.45, 7) is 5.46. The summed E-state index contributed by atoms with van der Waals surface area (Å²) in [7, 11) is 0. The average Bonchev–Trinajstić information content (AvgIpc) is 2.64. The Hall–Kier alpha value is -1.46. The van der Waals surface area contributed by atoms with Gasteiger partial charge < -0.3 is 15.1 Å². The van der Waals surface area contributed by atoms with Crippen molar-refractivity contribution in [3.8, 4) is 0 Å². The van der Waals surface area contributed by atoms with Gasteiger partial charge in [-0.05, 0) is 43.3 Å². The number of hydrogen-bond donors (Lipinski definition) is 2. The van der Waals surface area contributed by atoms with Gasteiger partial charge in [0, 0.05) is 15.7 Å². The number of benzene rings is 2. The third-order valence-corrected chi connectivity index (χ3v) is 5.57. The van der Waals surface area contributed by atoms with Gasteiger partial charge in [-0.3, -0.25) is 4.79 Å². The van der Waals surface area contributed by atoms with Gasteiger partial charge >= 0.3 is 0 Å². The van der Waals surface area contributed by atoms with Crippen molar-refractivity contribution in [2.24, 2.45) is 0 Å². The fourth-order valence-corrected chi connectivity index (χ4v) is 3.70. The number of carbonyl (C=O) groups excluding carboxylic acids is 1. The largest absolute Gasteiger partial charge is 0.360 e. The monoisotopic (exact) mass is 412 g/mol. The van der Waals surface area contributed by atoms with Crippen LogP contribution < -0.4 is 15.1 Å². The summed E-state index contributed by atoms with van der Waals surface area (Å²) >= 11 is 18.2. The van der Waals surface area contributed by atoms with Gasteiger partial charge in [-0.2, -0.15) is 0 Å². The van der Waals surface area contributed by atoms with Crippen molar-refractivity contribution in [2.45, 2.75) is 13.0 Å². The Morgan fingerprint density at radius 2 is 1.77 bits per heavy atom. The van der Waals surface area contributed by atoms with Gasteiger partial charge in [0.1, 0.15) is 0 Å². The molecule has 1 aliphatic rings. The number of nitrogens with zero attached hydrogens (tertiary/aromatic N) is 1. The number of halogens is 3. The van der Waals surface area contributed by atoms with Crippen molar-refractivity contribution in [2.75, 3.05) is 36.4 Å². The summed E-state index contributed by atoms with van der Waals surface area (Å²) in [5.41, 5.74) is 1.67. The molecule has 0 radical (unpaired) electrons. The SMILES string of the molecule is C[C@@H](C(=O)Nc1cc(Cl)ccc1Cl)[NH+]1CCN(c2cccc(Cl)c2)CC1. The molecule has 1 fully saturated rings. The molecule has 1 heterocycles. The van der Waals surface area contributed by atoms with Crippen LogP contribution in [0.4, 0.5) is 11.4 Å². The first-order chi connectivity index (χ1) is 12.4. The van der Waals surface area contributed by atoms with Gasteiger partial charge in [0.2, 0.25) is 0 Å². The Balaban J connectivity index is 1.58. The fourth-order valence-electron chi connectivity index (χ4n) is 3.18. The first-order valence-corrected chi connectivity index (χ1v) is 9.68.